The molecule has 1 saturated heterocycles. The summed E-state index contributed by atoms with van der Waals surface area (Å²) < 4.78 is 13.0. The van der Waals surface area contributed by atoms with Gasteiger partial charge in [0.25, 0.3) is 0 Å². The van der Waals surface area contributed by atoms with Gasteiger partial charge in [0.2, 0.25) is 0 Å². The summed E-state index contributed by atoms with van der Waals surface area (Å²) in [7, 11) is 0. The lowest BCUT2D eigenvalue weighted by molar-refractivity contribution is 0.0925. The van der Waals surface area contributed by atoms with Crippen LogP contribution in [-0.2, 0) is 0 Å². The van der Waals surface area contributed by atoms with E-state index in [4.69, 9.17) is 0 Å². The highest BCUT2D eigenvalue weighted by Crippen LogP contribution is 2.19. The number of carbonyl (C=O) groups is 1. The largest absolute Gasteiger partial charge is 0.369 e. The Balaban J connectivity index is 1.59. The van der Waals surface area contributed by atoms with Gasteiger partial charge in [-0.2, -0.15) is 0 Å². The standard InChI is InChI=1S/C21H25FN2O/c1-15-12-17(3)20(13-16(15)2)21(25)14-23-8-10-24(11-9-23)19-6-4-18(22)5-7-19/h4-7,12-13H,8-11,14H2,1-3H3. The van der Waals surface area contributed by atoms with Gasteiger partial charge in [0.05, 0.1) is 6.54 Å². The first-order chi connectivity index (χ1) is 11.9. The summed E-state index contributed by atoms with van der Waals surface area (Å²) in [5.41, 5.74) is 5.32. The first-order valence-electron chi connectivity index (χ1n) is 8.78. The monoisotopic (exact) mass is 340 g/mol. The minimum atomic E-state index is -0.211. The Morgan fingerprint density at radius 2 is 1.52 bits per heavy atom. The van der Waals surface area contributed by atoms with Crippen LogP contribution in [0.1, 0.15) is 27.0 Å². The Morgan fingerprint density at radius 3 is 2.16 bits per heavy atom. The van der Waals surface area contributed by atoms with Gasteiger partial charge in [-0.3, -0.25) is 9.69 Å². The molecule has 1 aliphatic rings. The second-order valence-corrected chi connectivity index (χ2v) is 6.91. The molecule has 3 nitrogen and oxygen atoms in total. The summed E-state index contributed by atoms with van der Waals surface area (Å²) in [5, 5.41) is 0. The van der Waals surface area contributed by atoms with E-state index in [0.717, 1.165) is 48.6 Å². The predicted octanol–water partition coefficient (Wildman–Crippen LogP) is 3.76. The second kappa shape index (κ2) is 7.36. The molecular formula is C21H25FN2O. The Bertz CT molecular complexity index is 762. The van der Waals surface area contributed by atoms with Crippen LogP contribution in [0.2, 0.25) is 0 Å². The molecule has 132 valence electrons. The lowest BCUT2D eigenvalue weighted by Crippen LogP contribution is -2.48. The number of hydrogen-bond donors (Lipinski definition) is 0. The first kappa shape index (κ1) is 17.6. The maximum Gasteiger partial charge on any atom is 0.177 e. The highest BCUT2D eigenvalue weighted by atomic mass is 19.1. The summed E-state index contributed by atoms with van der Waals surface area (Å²) in [6.45, 7) is 9.97. The van der Waals surface area contributed by atoms with E-state index in [9.17, 15) is 9.18 Å². The summed E-state index contributed by atoms with van der Waals surface area (Å²) in [6.07, 6.45) is 0. The molecule has 0 saturated carbocycles. The molecule has 1 heterocycles. The molecule has 0 unspecified atom stereocenters. The van der Waals surface area contributed by atoms with Crippen molar-refractivity contribution in [3.8, 4) is 0 Å². The third-order valence-corrected chi connectivity index (χ3v) is 5.07. The van der Waals surface area contributed by atoms with E-state index in [1.165, 1.54) is 17.7 Å². The number of benzene rings is 2. The molecule has 0 aromatic heterocycles. The van der Waals surface area contributed by atoms with Crippen molar-refractivity contribution in [3.63, 3.8) is 0 Å². The van der Waals surface area contributed by atoms with Crippen molar-refractivity contribution in [1.82, 2.24) is 4.90 Å². The van der Waals surface area contributed by atoms with Gasteiger partial charge in [-0.05, 0) is 67.8 Å². The average molecular weight is 340 g/mol. The average Bonchev–Trinajstić information content (AvgIpc) is 2.59. The number of anilines is 1. The fourth-order valence-corrected chi connectivity index (χ4v) is 3.37. The van der Waals surface area contributed by atoms with Gasteiger partial charge in [-0.15, -0.1) is 0 Å². The van der Waals surface area contributed by atoms with Crippen molar-refractivity contribution in [2.24, 2.45) is 0 Å². The number of hydrogen-bond acceptors (Lipinski definition) is 3. The Labute approximate surface area is 149 Å². The zero-order valence-electron chi connectivity index (χ0n) is 15.2. The number of halogens is 1. The van der Waals surface area contributed by atoms with Gasteiger partial charge < -0.3 is 4.90 Å². The molecule has 0 N–H and O–H groups in total. The molecule has 0 amide bonds. The molecule has 0 bridgehead atoms. The smallest absolute Gasteiger partial charge is 0.177 e. The number of rotatable bonds is 4. The molecule has 3 rings (SSSR count). The van der Waals surface area contributed by atoms with Crippen LogP contribution in [0, 0.1) is 26.6 Å². The third kappa shape index (κ3) is 4.07. The lowest BCUT2D eigenvalue weighted by Gasteiger charge is -2.35. The maximum absolute atomic E-state index is 13.0. The van der Waals surface area contributed by atoms with Gasteiger partial charge in [0.1, 0.15) is 5.82 Å². The van der Waals surface area contributed by atoms with E-state index in [2.05, 4.69) is 22.8 Å². The van der Waals surface area contributed by atoms with Gasteiger partial charge >= 0.3 is 0 Å². The predicted molar refractivity (Wildman–Crippen MR) is 100 cm³/mol. The fourth-order valence-electron chi connectivity index (χ4n) is 3.37. The van der Waals surface area contributed by atoms with Crippen molar-refractivity contribution in [2.75, 3.05) is 37.6 Å². The fraction of sp³-hybridized carbons (Fsp3) is 0.381. The first-order valence-corrected chi connectivity index (χ1v) is 8.78. The topological polar surface area (TPSA) is 23.6 Å². The molecule has 1 aliphatic heterocycles. The number of nitrogens with zero attached hydrogens (tertiary/aromatic N) is 2. The minimum Gasteiger partial charge on any atom is -0.369 e. The van der Waals surface area contributed by atoms with Gasteiger partial charge in [-0.25, -0.2) is 4.39 Å². The van der Waals surface area contributed by atoms with E-state index < -0.39 is 0 Å². The number of piperazine rings is 1. The number of aryl methyl sites for hydroxylation is 3. The van der Waals surface area contributed by atoms with Crippen molar-refractivity contribution < 1.29 is 9.18 Å². The minimum absolute atomic E-state index is 0.191. The van der Waals surface area contributed by atoms with Gasteiger partial charge in [0.15, 0.2) is 5.78 Å². The summed E-state index contributed by atoms with van der Waals surface area (Å²) in [6, 6.07) is 10.7. The zero-order chi connectivity index (χ0) is 18.0. The number of carbonyl (C=O) groups excluding carboxylic acids is 1. The molecule has 2 aromatic rings. The van der Waals surface area contributed by atoms with Crippen LogP contribution >= 0.6 is 0 Å². The van der Waals surface area contributed by atoms with Crippen molar-refractivity contribution in [3.05, 3.63) is 64.5 Å². The molecule has 25 heavy (non-hydrogen) atoms. The molecule has 0 aliphatic carbocycles. The molecule has 1 fully saturated rings. The highest BCUT2D eigenvalue weighted by Gasteiger charge is 2.20. The van der Waals surface area contributed by atoms with E-state index in [-0.39, 0.29) is 11.6 Å². The van der Waals surface area contributed by atoms with Crippen LogP contribution in [0.5, 0.6) is 0 Å². The van der Waals surface area contributed by atoms with Crippen LogP contribution in [-0.4, -0.2) is 43.4 Å². The van der Waals surface area contributed by atoms with E-state index in [1.54, 1.807) is 0 Å². The second-order valence-electron chi connectivity index (χ2n) is 6.91. The molecule has 0 radical (unpaired) electrons. The van der Waals surface area contributed by atoms with Crippen molar-refractivity contribution >= 4 is 11.5 Å². The lowest BCUT2D eigenvalue weighted by atomic mass is 9.98. The summed E-state index contributed by atoms with van der Waals surface area (Å²) in [5.74, 6) is -0.0208. The van der Waals surface area contributed by atoms with Gasteiger partial charge in [0, 0.05) is 37.4 Å². The maximum atomic E-state index is 13.0. The summed E-state index contributed by atoms with van der Waals surface area (Å²) >= 11 is 0. The Morgan fingerprint density at radius 1 is 0.920 bits per heavy atom. The van der Waals surface area contributed by atoms with Crippen LogP contribution < -0.4 is 4.90 Å². The molecule has 2 aromatic carbocycles. The SMILES string of the molecule is Cc1cc(C)c(C(=O)CN2CCN(c3ccc(F)cc3)CC2)cc1C. The third-order valence-electron chi connectivity index (χ3n) is 5.07. The molecule has 0 atom stereocenters. The van der Waals surface area contributed by atoms with Gasteiger partial charge in [-0.1, -0.05) is 6.07 Å². The number of ketones is 1. The summed E-state index contributed by atoms with van der Waals surface area (Å²) in [4.78, 5) is 17.1. The van der Waals surface area contributed by atoms with Crippen molar-refractivity contribution in [1.29, 1.82) is 0 Å². The van der Waals surface area contributed by atoms with E-state index in [1.807, 2.05) is 32.0 Å². The van der Waals surface area contributed by atoms with E-state index in [0.29, 0.717) is 6.54 Å². The van der Waals surface area contributed by atoms with E-state index >= 15 is 0 Å². The molecule has 0 spiro atoms. The van der Waals surface area contributed by atoms with Crippen LogP contribution in [0.3, 0.4) is 0 Å². The normalized spacial score (nSPS) is 15.4. The number of Topliss-reactive ketones (excluding diaryl/α,β-unsaturated/α-hetero) is 1. The van der Waals surface area contributed by atoms with Crippen LogP contribution in [0.4, 0.5) is 10.1 Å². The quantitative estimate of drug-likeness (QED) is 0.792. The van der Waals surface area contributed by atoms with Crippen LogP contribution in [0.25, 0.3) is 0 Å². The molecule has 4 heteroatoms. The highest BCUT2D eigenvalue weighted by molar-refractivity contribution is 5.99. The Hall–Kier alpha value is -2.20. The Kier molecular flexibility index (Phi) is 5.19. The molecular weight excluding hydrogens is 315 g/mol. The van der Waals surface area contributed by atoms with Crippen LogP contribution in [0.15, 0.2) is 36.4 Å². The van der Waals surface area contributed by atoms with Crippen molar-refractivity contribution in [2.45, 2.75) is 20.8 Å². The zero-order valence-corrected chi connectivity index (χ0v) is 15.2.